The predicted molar refractivity (Wildman–Crippen MR) is 73.1 cm³/mol. The Balaban J connectivity index is 3.38. The first-order valence-electron chi connectivity index (χ1n) is 5.79. The molecule has 0 N–H and O–H groups in total. The summed E-state index contributed by atoms with van der Waals surface area (Å²) in [5.41, 5.74) is 3.39. The van der Waals surface area contributed by atoms with Gasteiger partial charge in [0.2, 0.25) is 0 Å². The Bertz CT molecular complexity index is 539. The molecular formula is C15H16O5. The van der Waals surface area contributed by atoms with Crippen LogP contribution in [0.3, 0.4) is 0 Å². The molecule has 0 unspecified atom stereocenters. The Kier molecular flexibility index (Phi) is 5.56. The zero-order valence-electron chi connectivity index (χ0n) is 11.6. The summed E-state index contributed by atoms with van der Waals surface area (Å²) in [5, 5.41) is 0. The van der Waals surface area contributed by atoms with Crippen LogP contribution in [0.5, 0.6) is 5.75 Å². The topological polar surface area (TPSA) is 61.8 Å². The molecule has 0 saturated carbocycles. The van der Waals surface area contributed by atoms with Gasteiger partial charge in [-0.05, 0) is 6.07 Å². The number of esters is 2. The van der Waals surface area contributed by atoms with Crippen LogP contribution in [-0.4, -0.2) is 33.3 Å². The SMILES string of the molecule is C=C=C(c1ccccc1OC)C(C(=O)OC)C(=O)OC. The molecule has 0 fully saturated rings. The molecule has 0 aromatic heterocycles. The number of rotatable bonds is 5. The van der Waals surface area contributed by atoms with E-state index < -0.39 is 17.9 Å². The van der Waals surface area contributed by atoms with Crippen molar-refractivity contribution in [2.75, 3.05) is 21.3 Å². The normalized spacial score (nSPS) is 9.60. The molecule has 0 atom stereocenters. The smallest absolute Gasteiger partial charge is 0.325 e. The zero-order valence-corrected chi connectivity index (χ0v) is 11.6. The summed E-state index contributed by atoms with van der Waals surface area (Å²) in [6, 6.07) is 6.93. The molecule has 0 aliphatic heterocycles. The highest BCUT2D eigenvalue weighted by Crippen LogP contribution is 2.31. The Morgan fingerprint density at radius 2 is 1.65 bits per heavy atom. The van der Waals surface area contributed by atoms with Crippen molar-refractivity contribution < 1.29 is 23.8 Å². The minimum Gasteiger partial charge on any atom is -0.496 e. The van der Waals surface area contributed by atoms with Crippen molar-refractivity contribution in [1.82, 2.24) is 0 Å². The molecule has 0 amide bonds. The quantitative estimate of drug-likeness (QED) is 0.466. The summed E-state index contributed by atoms with van der Waals surface area (Å²) < 4.78 is 14.5. The summed E-state index contributed by atoms with van der Waals surface area (Å²) in [6.07, 6.45) is 0. The van der Waals surface area contributed by atoms with Crippen LogP contribution < -0.4 is 4.74 Å². The van der Waals surface area contributed by atoms with Gasteiger partial charge in [-0.25, -0.2) is 0 Å². The van der Waals surface area contributed by atoms with Crippen LogP contribution in [0, 0.1) is 5.92 Å². The van der Waals surface area contributed by atoms with Crippen molar-refractivity contribution in [3.63, 3.8) is 0 Å². The number of para-hydroxylation sites is 1. The van der Waals surface area contributed by atoms with Gasteiger partial charge in [0.1, 0.15) is 5.75 Å². The van der Waals surface area contributed by atoms with Crippen molar-refractivity contribution in [2.24, 2.45) is 5.92 Å². The van der Waals surface area contributed by atoms with E-state index in [1.165, 1.54) is 21.3 Å². The second-order valence-electron chi connectivity index (χ2n) is 3.77. The van der Waals surface area contributed by atoms with E-state index >= 15 is 0 Å². The molecule has 0 saturated heterocycles. The van der Waals surface area contributed by atoms with E-state index in [0.29, 0.717) is 11.3 Å². The summed E-state index contributed by atoms with van der Waals surface area (Å²) in [5.74, 6) is -2.24. The summed E-state index contributed by atoms with van der Waals surface area (Å²) >= 11 is 0. The van der Waals surface area contributed by atoms with Crippen LogP contribution in [0.15, 0.2) is 36.6 Å². The van der Waals surface area contributed by atoms with Crippen molar-refractivity contribution in [3.05, 3.63) is 42.1 Å². The Morgan fingerprint density at radius 3 is 2.10 bits per heavy atom. The molecule has 0 spiro atoms. The largest absolute Gasteiger partial charge is 0.496 e. The maximum atomic E-state index is 11.8. The van der Waals surface area contributed by atoms with E-state index in [1.54, 1.807) is 24.3 Å². The van der Waals surface area contributed by atoms with E-state index in [9.17, 15) is 9.59 Å². The van der Waals surface area contributed by atoms with E-state index in [-0.39, 0.29) is 5.57 Å². The van der Waals surface area contributed by atoms with Crippen LogP contribution in [0.25, 0.3) is 5.57 Å². The first-order valence-corrected chi connectivity index (χ1v) is 5.79. The minimum atomic E-state index is -1.25. The average Bonchev–Trinajstić information content (AvgIpc) is 2.51. The number of hydrogen-bond donors (Lipinski definition) is 0. The third-order valence-corrected chi connectivity index (χ3v) is 2.75. The monoisotopic (exact) mass is 276 g/mol. The number of benzene rings is 1. The van der Waals surface area contributed by atoms with Crippen LogP contribution in [0.2, 0.25) is 0 Å². The molecular weight excluding hydrogens is 260 g/mol. The lowest BCUT2D eigenvalue weighted by atomic mass is 9.92. The van der Waals surface area contributed by atoms with Gasteiger partial charge in [0.25, 0.3) is 0 Å². The number of carbonyl (C=O) groups is 2. The van der Waals surface area contributed by atoms with Gasteiger partial charge >= 0.3 is 11.9 Å². The molecule has 5 heteroatoms. The fourth-order valence-electron chi connectivity index (χ4n) is 1.79. The minimum absolute atomic E-state index is 0.251. The van der Waals surface area contributed by atoms with Crippen molar-refractivity contribution in [2.45, 2.75) is 0 Å². The molecule has 1 aromatic carbocycles. The van der Waals surface area contributed by atoms with E-state index in [4.69, 9.17) is 4.74 Å². The summed E-state index contributed by atoms with van der Waals surface area (Å²) in [4.78, 5) is 23.7. The Hall–Kier alpha value is -2.52. The second-order valence-corrected chi connectivity index (χ2v) is 3.77. The van der Waals surface area contributed by atoms with Gasteiger partial charge in [0.05, 0.1) is 21.3 Å². The molecule has 20 heavy (non-hydrogen) atoms. The van der Waals surface area contributed by atoms with Gasteiger partial charge in [0, 0.05) is 11.1 Å². The summed E-state index contributed by atoms with van der Waals surface area (Å²) in [7, 11) is 3.88. The van der Waals surface area contributed by atoms with Gasteiger partial charge < -0.3 is 14.2 Å². The Morgan fingerprint density at radius 1 is 1.10 bits per heavy atom. The molecule has 0 aliphatic carbocycles. The first kappa shape index (κ1) is 15.5. The second kappa shape index (κ2) is 7.16. The first-order chi connectivity index (χ1) is 9.60. The van der Waals surface area contributed by atoms with Crippen molar-refractivity contribution in [1.29, 1.82) is 0 Å². The molecule has 106 valence electrons. The van der Waals surface area contributed by atoms with E-state index in [0.717, 1.165) is 0 Å². The Labute approximate surface area is 117 Å². The van der Waals surface area contributed by atoms with E-state index in [2.05, 4.69) is 21.8 Å². The lowest BCUT2D eigenvalue weighted by Gasteiger charge is -2.16. The summed E-state index contributed by atoms with van der Waals surface area (Å²) in [6.45, 7) is 3.53. The fourth-order valence-corrected chi connectivity index (χ4v) is 1.79. The van der Waals surface area contributed by atoms with Gasteiger partial charge in [-0.2, -0.15) is 0 Å². The van der Waals surface area contributed by atoms with Crippen molar-refractivity contribution in [3.8, 4) is 5.75 Å². The van der Waals surface area contributed by atoms with E-state index in [1.807, 2.05) is 0 Å². The third-order valence-electron chi connectivity index (χ3n) is 2.75. The molecule has 0 heterocycles. The van der Waals surface area contributed by atoms with Crippen LogP contribution in [-0.2, 0) is 19.1 Å². The number of hydrogen-bond acceptors (Lipinski definition) is 5. The molecule has 0 bridgehead atoms. The highest BCUT2D eigenvalue weighted by Gasteiger charge is 2.34. The highest BCUT2D eigenvalue weighted by atomic mass is 16.5. The van der Waals surface area contributed by atoms with Gasteiger partial charge in [-0.15, -0.1) is 5.73 Å². The molecule has 1 aromatic rings. The number of carbonyl (C=O) groups excluding carboxylic acids is 2. The van der Waals surface area contributed by atoms with Crippen LogP contribution >= 0.6 is 0 Å². The average molecular weight is 276 g/mol. The van der Waals surface area contributed by atoms with Gasteiger partial charge in [-0.1, -0.05) is 24.8 Å². The molecule has 0 radical (unpaired) electrons. The molecule has 5 nitrogen and oxygen atoms in total. The predicted octanol–water partition coefficient (Wildman–Crippen LogP) is 1.83. The maximum absolute atomic E-state index is 11.8. The number of methoxy groups -OCH3 is 3. The fraction of sp³-hybridized carbons (Fsp3) is 0.267. The molecule has 1 rings (SSSR count). The van der Waals surface area contributed by atoms with Crippen molar-refractivity contribution >= 4 is 17.5 Å². The number of ether oxygens (including phenoxy) is 3. The lowest BCUT2D eigenvalue weighted by Crippen LogP contribution is -2.27. The molecule has 0 aliphatic rings. The van der Waals surface area contributed by atoms with Gasteiger partial charge in [0.15, 0.2) is 5.92 Å². The standard InChI is InChI=1S/C15H16O5/c1-5-10(11-8-6-7-9-12(11)18-2)13(14(16)19-3)15(17)20-4/h6-9,13H,1H2,2-4H3. The lowest BCUT2D eigenvalue weighted by molar-refractivity contribution is -0.155. The highest BCUT2D eigenvalue weighted by molar-refractivity contribution is 6.07. The van der Waals surface area contributed by atoms with Crippen LogP contribution in [0.4, 0.5) is 0 Å². The maximum Gasteiger partial charge on any atom is 0.325 e. The third kappa shape index (κ3) is 3.08. The van der Waals surface area contributed by atoms with Crippen LogP contribution in [0.1, 0.15) is 5.56 Å². The van der Waals surface area contributed by atoms with Gasteiger partial charge in [-0.3, -0.25) is 9.59 Å². The zero-order chi connectivity index (χ0) is 15.1.